The highest BCUT2D eigenvalue weighted by molar-refractivity contribution is 5.90. The van der Waals surface area contributed by atoms with E-state index in [4.69, 9.17) is 37.9 Å². The summed E-state index contributed by atoms with van der Waals surface area (Å²) in [7, 11) is 1.51. The van der Waals surface area contributed by atoms with Crippen molar-refractivity contribution in [3.8, 4) is 17.2 Å². The Kier molecular flexibility index (Phi) is 6.23. The molecule has 0 spiro atoms. The third-order valence-corrected chi connectivity index (χ3v) is 6.00. The number of fused-ring (bicyclic) bond motifs is 3. The van der Waals surface area contributed by atoms with Gasteiger partial charge in [-0.2, -0.15) is 0 Å². The third kappa shape index (κ3) is 5.00. The van der Waals surface area contributed by atoms with Gasteiger partial charge < -0.3 is 37.9 Å². The molecule has 0 aromatic heterocycles. The van der Waals surface area contributed by atoms with E-state index in [2.05, 4.69) is 0 Å². The van der Waals surface area contributed by atoms with E-state index in [0.29, 0.717) is 22.8 Å². The Labute approximate surface area is 204 Å². The molecule has 0 unspecified atom stereocenters. The van der Waals surface area contributed by atoms with Crippen LogP contribution in [0.2, 0.25) is 0 Å². The molecule has 3 aliphatic heterocycles. The Hall–Kier alpha value is -2.69. The topological polar surface area (TPSA) is 90.9 Å². The lowest BCUT2D eigenvalue weighted by molar-refractivity contribution is -0.240. The van der Waals surface area contributed by atoms with Gasteiger partial charge in [-0.3, -0.25) is 0 Å². The summed E-state index contributed by atoms with van der Waals surface area (Å²) in [5.41, 5.74) is 0.318. The van der Waals surface area contributed by atoms with Gasteiger partial charge in [-0.05, 0) is 58.0 Å². The number of hydrogen-bond donors (Lipinski definition) is 0. The molecule has 2 aromatic rings. The second kappa shape index (κ2) is 9.07. The molecule has 5 atom stereocenters. The van der Waals surface area contributed by atoms with E-state index in [9.17, 15) is 4.79 Å². The fraction of sp³-hybridized carbons (Fsp3) is 0.500. The van der Waals surface area contributed by atoms with Crippen LogP contribution in [0.15, 0.2) is 48.5 Å². The number of hydrogen-bond acceptors (Lipinski definition) is 9. The molecule has 0 aliphatic carbocycles. The van der Waals surface area contributed by atoms with Gasteiger partial charge in [0.2, 0.25) is 0 Å². The van der Waals surface area contributed by atoms with Gasteiger partial charge in [-0.25, -0.2) is 4.79 Å². The molecule has 3 aliphatic rings. The second-order valence-electron chi connectivity index (χ2n) is 9.59. The zero-order valence-corrected chi connectivity index (χ0v) is 20.4. The lowest BCUT2D eigenvalue weighted by atomic mass is 9.99. The van der Waals surface area contributed by atoms with Crippen molar-refractivity contribution < 1.29 is 42.7 Å². The summed E-state index contributed by atoms with van der Waals surface area (Å²) in [5.74, 6) is -0.617. The summed E-state index contributed by atoms with van der Waals surface area (Å²) in [4.78, 5) is 12.9. The first kappa shape index (κ1) is 24.0. The molecule has 0 saturated carbocycles. The zero-order valence-electron chi connectivity index (χ0n) is 20.4. The van der Waals surface area contributed by atoms with E-state index in [1.165, 1.54) is 7.11 Å². The predicted octanol–water partition coefficient (Wildman–Crippen LogP) is 4.04. The molecule has 3 heterocycles. The molecular formula is C26H30O9. The molecule has 9 nitrogen and oxygen atoms in total. The Morgan fingerprint density at radius 2 is 1.54 bits per heavy atom. The molecule has 0 amide bonds. The number of ether oxygens (including phenoxy) is 8. The van der Waals surface area contributed by atoms with Gasteiger partial charge in [-0.15, -0.1) is 0 Å². The highest BCUT2D eigenvalue weighted by atomic mass is 16.9. The first-order chi connectivity index (χ1) is 16.6. The van der Waals surface area contributed by atoms with Crippen LogP contribution in [0.25, 0.3) is 0 Å². The summed E-state index contributed by atoms with van der Waals surface area (Å²) in [5, 5.41) is 0. The van der Waals surface area contributed by atoms with Crippen molar-refractivity contribution in [1.82, 2.24) is 0 Å². The summed E-state index contributed by atoms with van der Waals surface area (Å²) >= 11 is 0. The third-order valence-electron chi connectivity index (χ3n) is 6.00. The van der Waals surface area contributed by atoms with Crippen LogP contribution in [-0.2, 0) is 28.4 Å². The van der Waals surface area contributed by atoms with Crippen molar-refractivity contribution in [3.05, 3.63) is 54.1 Å². The maximum absolute atomic E-state index is 12.9. The molecule has 2 aromatic carbocycles. The summed E-state index contributed by atoms with van der Waals surface area (Å²) in [6, 6.07) is 14.2. The van der Waals surface area contributed by atoms with Gasteiger partial charge in [0.1, 0.15) is 36.8 Å². The molecule has 9 heteroatoms. The van der Waals surface area contributed by atoms with E-state index in [0.717, 1.165) is 0 Å². The number of carbonyl (C=O) groups excluding carboxylic acids is 1. The van der Waals surface area contributed by atoms with E-state index >= 15 is 0 Å². The first-order valence-electron chi connectivity index (χ1n) is 11.6. The molecule has 0 N–H and O–H groups in total. The standard InChI is InChI=1S/C26H30O9/c1-25(2)32-20-19(31-24-22(21(20)33-25)34-26(3,4)35-24)14-29-23(27)15-11-12-17(18(13-15)28-5)30-16-9-7-6-8-10-16/h6-13,19-22,24H,14H2,1-5H3/t19-,20+,21+,22-,24-/m1/s1. The first-order valence-corrected chi connectivity index (χ1v) is 11.6. The van der Waals surface area contributed by atoms with Crippen molar-refractivity contribution in [2.75, 3.05) is 13.7 Å². The minimum absolute atomic E-state index is 0.0446. The lowest BCUT2D eigenvalue weighted by Gasteiger charge is -2.36. The van der Waals surface area contributed by atoms with Crippen LogP contribution in [0.3, 0.4) is 0 Å². The van der Waals surface area contributed by atoms with Crippen LogP contribution < -0.4 is 9.47 Å². The van der Waals surface area contributed by atoms with E-state index in [-0.39, 0.29) is 6.61 Å². The van der Waals surface area contributed by atoms with Gasteiger partial charge in [0, 0.05) is 0 Å². The normalized spacial score (nSPS) is 30.3. The lowest BCUT2D eigenvalue weighted by Crippen LogP contribution is -2.56. The fourth-order valence-electron chi connectivity index (χ4n) is 4.56. The van der Waals surface area contributed by atoms with Gasteiger partial charge in [0.25, 0.3) is 0 Å². The SMILES string of the molecule is COc1cc(C(=O)OC[C@H]2O[C@@H]3OC(C)(C)O[C@@H]3[C@H]3OC(C)(C)O[C@H]32)ccc1Oc1ccccc1. The highest BCUT2D eigenvalue weighted by Gasteiger charge is 2.60. The molecule has 3 saturated heterocycles. The molecule has 5 rings (SSSR count). The Morgan fingerprint density at radius 3 is 2.29 bits per heavy atom. The maximum Gasteiger partial charge on any atom is 0.338 e. The van der Waals surface area contributed by atoms with Gasteiger partial charge in [0.05, 0.1) is 12.7 Å². The van der Waals surface area contributed by atoms with Gasteiger partial charge in [-0.1, -0.05) is 18.2 Å². The molecule has 0 bridgehead atoms. The predicted molar refractivity (Wildman–Crippen MR) is 122 cm³/mol. The summed E-state index contributed by atoms with van der Waals surface area (Å²) in [6.07, 6.45) is -2.57. The monoisotopic (exact) mass is 486 g/mol. The quantitative estimate of drug-likeness (QED) is 0.561. The van der Waals surface area contributed by atoms with E-state index in [1.54, 1.807) is 18.2 Å². The minimum Gasteiger partial charge on any atom is -0.493 e. The summed E-state index contributed by atoms with van der Waals surface area (Å²) in [6.45, 7) is 7.25. The van der Waals surface area contributed by atoms with Crippen LogP contribution in [0, 0.1) is 0 Å². The molecule has 0 radical (unpaired) electrons. The molecule has 35 heavy (non-hydrogen) atoms. The van der Waals surface area contributed by atoms with Crippen LogP contribution in [0.4, 0.5) is 0 Å². The van der Waals surface area contributed by atoms with Crippen LogP contribution in [0.5, 0.6) is 17.2 Å². The Balaban J connectivity index is 1.27. The summed E-state index contributed by atoms with van der Waals surface area (Å²) < 4.78 is 47.1. The van der Waals surface area contributed by atoms with E-state index < -0.39 is 48.2 Å². The number of esters is 1. The van der Waals surface area contributed by atoms with Gasteiger partial charge in [0.15, 0.2) is 29.4 Å². The number of benzene rings is 2. The second-order valence-corrected chi connectivity index (χ2v) is 9.59. The Bertz CT molecular complexity index is 1070. The Morgan fingerprint density at radius 1 is 0.857 bits per heavy atom. The number of methoxy groups -OCH3 is 1. The molecule has 3 fully saturated rings. The average Bonchev–Trinajstić information content (AvgIpc) is 3.32. The molecular weight excluding hydrogens is 456 g/mol. The van der Waals surface area contributed by atoms with Crippen LogP contribution >= 0.6 is 0 Å². The number of carbonyl (C=O) groups is 1. The molecule has 188 valence electrons. The largest absolute Gasteiger partial charge is 0.493 e. The highest BCUT2D eigenvalue weighted by Crippen LogP contribution is 2.44. The van der Waals surface area contributed by atoms with Crippen molar-refractivity contribution >= 4 is 5.97 Å². The number of rotatable bonds is 6. The van der Waals surface area contributed by atoms with Gasteiger partial charge >= 0.3 is 5.97 Å². The smallest absolute Gasteiger partial charge is 0.338 e. The number of para-hydroxylation sites is 1. The van der Waals surface area contributed by atoms with Crippen molar-refractivity contribution in [1.29, 1.82) is 0 Å². The van der Waals surface area contributed by atoms with E-state index in [1.807, 2.05) is 58.0 Å². The van der Waals surface area contributed by atoms with Crippen LogP contribution in [-0.4, -0.2) is 62.0 Å². The zero-order chi connectivity index (χ0) is 24.8. The van der Waals surface area contributed by atoms with Crippen molar-refractivity contribution in [2.45, 2.75) is 70.0 Å². The van der Waals surface area contributed by atoms with Crippen molar-refractivity contribution in [3.63, 3.8) is 0 Å². The maximum atomic E-state index is 12.9. The van der Waals surface area contributed by atoms with Crippen molar-refractivity contribution in [2.24, 2.45) is 0 Å². The fourth-order valence-corrected chi connectivity index (χ4v) is 4.56. The minimum atomic E-state index is -0.826. The average molecular weight is 487 g/mol. The van der Waals surface area contributed by atoms with Crippen LogP contribution in [0.1, 0.15) is 38.1 Å².